The molecule has 0 spiro atoms. The first kappa shape index (κ1) is 19.5. The maximum atomic E-state index is 5.87. The smallest absolute Gasteiger partial charge is 0.148 e. The lowest BCUT2D eigenvalue weighted by atomic mass is 10.1. The van der Waals surface area contributed by atoms with Crippen molar-refractivity contribution in [3.05, 3.63) is 65.7 Å². The summed E-state index contributed by atoms with van der Waals surface area (Å²) in [6, 6.07) is 19.6. The SMILES string of the molecule is Cc1cccc2[nH]c(-c3ccc(-c4cccc(CN5CC(C)OC(C)C5)c4)s3)nc12. The zero-order valence-electron chi connectivity index (χ0n) is 17.7. The number of H-pyrrole nitrogens is 1. The van der Waals surface area contributed by atoms with Gasteiger partial charge in [-0.3, -0.25) is 4.90 Å². The number of aromatic nitrogens is 2. The van der Waals surface area contributed by atoms with Crippen LogP contribution in [-0.2, 0) is 11.3 Å². The molecule has 2 atom stereocenters. The fourth-order valence-corrected chi connectivity index (χ4v) is 5.35. The lowest BCUT2D eigenvalue weighted by molar-refractivity contribution is -0.0704. The maximum absolute atomic E-state index is 5.87. The van der Waals surface area contributed by atoms with Gasteiger partial charge in [0.1, 0.15) is 5.82 Å². The number of imidazole rings is 1. The van der Waals surface area contributed by atoms with Gasteiger partial charge >= 0.3 is 0 Å². The first-order chi connectivity index (χ1) is 14.5. The van der Waals surface area contributed by atoms with Crippen molar-refractivity contribution in [3.8, 4) is 21.1 Å². The Kier molecular flexibility index (Phi) is 5.19. The lowest BCUT2D eigenvalue weighted by Crippen LogP contribution is -2.44. The van der Waals surface area contributed by atoms with Crippen molar-refractivity contribution in [2.45, 2.75) is 39.5 Å². The van der Waals surface area contributed by atoms with E-state index >= 15 is 0 Å². The highest BCUT2D eigenvalue weighted by molar-refractivity contribution is 7.18. The number of rotatable bonds is 4. The number of ether oxygens (including phenoxy) is 1. The Hall–Kier alpha value is -2.47. The van der Waals surface area contributed by atoms with Crippen molar-refractivity contribution in [2.75, 3.05) is 13.1 Å². The summed E-state index contributed by atoms with van der Waals surface area (Å²) in [5.41, 5.74) is 5.97. The molecule has 4 aromatic rings. The first-order valence-electron chi connectivity index (χ1n) is 10.6. The minimum absolute atomic E-state index is 0.296. The third-order valence-corrected chi connectivity index (χ3v) is 6.81. The second-order valence-corrected chi connectivity index (χ2v) is 9.46. The Morgan fingerprint density at radius 2 is 1.80 bits per heavy atom. The van der Waals surface area contributed by atoms with E-state index in [0.717, 1.165) is 36.5 Å². The van der Waals surface area contributed by atoms with E-state index in [2.05, 4.69) is 85.3 Å². The minimum Gasteiger partial charge on any atom is -0.373 e. The molecule has 5 heteroatoms. The molecular weight excluding hydrogens is 390 g/mol. The molecule has 154 valence electrons. The highest BCUT2D eigenvalue weighted by Crippen LogP contribution is 2.34. The normalized spacial score (nSPS) is 20.1. The van der Waals surface area contributed by atoms with Gasteiger partial charge in [0.05, 0.1) is 28.1 Å². The molecule has 0 amide bonds. The lowest BCUT2D eigenvalue weighted by Gasteiger charge is -2.35. The van der Waals surface area contributed by atoms with Gasteiger partial charge in [-0.2, -0.15) is 0 Å². The van der Waals surface area contributed by atoms with E-state index in [4.69, 9.17) is 9.72 Å². The number of fused-ring (bicyclic) bond motifs is 1. The molecule has 1 saturated heterocycles. The monoisotopic (exact) mass is 417 g/mol. The van der Waals surface area contributed by atoms with E-state index in [1.807, 2.05) is 0 Å². The molecule has 1 fully saturated rings. The Morgan fingerprint density at radius 1 is 1.03 bits per heavy atom. The van der Waals surface area contributed by atoms with E-state index in [1.54, 1.807) is 11.3 Å². The Morgan fingerprint density at radius 3 is 2.60 bits per heavy atom. The highest BCUT2D eigenvalue weighted by atomic mass is 32.1. The Bertz CT molecular complexity index is 1170. The molecule has 4 nitrogen and oxygen atoms in total. The van der Waals surface area contributed by atoms with Crippen LogP contribution < -0.4 is 0 Å². The summed E-state index contributed by atoms with van der Waals surface area (Å²) in [4.78, 5) is 13.2. The van der Waals surface area contributed by atoms with Crippen LogP contribution in [0, 0.1) is 6.92 Å². The molecule has 0 saturated carbocycles. The second kappa shape index (κ2) is 7.99. The van der Waals surface area contributed by atoms with Gasteiger partial charge in [0.15, 0.2) is 0 Å². The van der Waals surface area contributed by atoms with Crippen LogP contribution in [-0.4, -0.2) is 40.2 Å². The molecule has 2 unspecified atom stereocenters. The van der Waals surface area contributed by atoms with Crippen LogP contribution in [0.5, 0.6) is 0 Å². The van der Waals surface area contributed by atoms with Crippen LogP contribution in [0.4, 0.5) is 0 Å². The van der Waals surface area contributed by atoms with Gasteiger partial charge in [0.2, 0.25) is 0 Å². The van der Waals surface area contributed by atoms with Gasteiger partial charge in [-0.25, -0.2) is 4.98 Å². The van der Waals surface area contributed by atoms with Gasteiger partial charge in [0, 0.05) is 24.5 Å². The van der Waals surface area contributed by atoms with Crippen LogP contribution in [0.2, 0.25) is 0 Å². The van der Waals surface area contributed by atoms with Crippen molar-refractivity contribution in [1.29, 1.82) is 0 Å². The van der Waals surface area contributed by atoms with Crippen LogP contribution in [0.25, 0.3) is 32.2 Å². The molecule has 5 rings (SSSR count). The van der Waals surface area contributed by atoms with Gasteiger partial charge in [-0.1, -0.05) is 30.3 Å². The minimum atomic E-state index is 0.296. The summed E-state index contributed by atoms with van der Waals surface area (Å²) in [7, 11) is 0. The third kappa shape index (κ3) is 3.93. The molecule has 1 N–H and O–H groups in total. The zero-order valence-corrected chi connectivity index (χ0v) is 18.5. The van der Waals surface area contributed by atoms with Crippen molar-refractivity contribution in [1.82, 2.24) is 14.9 Å². The predicted octanol–water partition coefficient (Wildman–Crippen LogP) is 5.88. The summed E-state index contributed by atoms with van der Waals surface area (Å²) in [6.07, 6.45) is 0.591. The third-order valence-electron chi connectivity index (χ3n) is 5.67. The molecule has 0 radical (unpaired) electrons. The van der Waals surface area contributed by atoms with Crippen LogP contribution in [0.15, 0.2) is 54.6 Å². The molecule has 0 bridgehead atoms. The number of aryl methyl sites for hydroxylation is 1. The van der Waals surface area contributed by atoms with E-state index in [1.165, 1.54) is 26.4 Å². The van der Waals surface area contributed by atoms with E-state index < -0.39 is 0 Å². The molecule has 3 heterocycles. The summed E-state index contributed by atoms with van der Waals surface area (Å²) in [6.45, 7) is 9.37. The van der Waals surface area contributed by atoms with Gasteiger partial charge in [-0.05, 0) is 61.7 Å². The van der Waals surface area contributed by atoms with Crippen molar-refractivity contribution in [2.24, 2.45) is 0 Å². The number of aromatic amines is 1. The number of nitrogens with one attached hydrogen (secondary N) is 1. The molecule has 0 aliphatic carbocycles. The molecular formula is C25H27N3OS. The van der Waals surface area contributed by atoms with Gasteiger partial charge < -0.3 is 9.72 Å². The van der Waals surface area contributed by atoms with E-state index in [9.17, 15) is 0 Å². The summed E-state index contributed by atoms with van der Waals surface area (Å²) in [5, 5.41) is 0. The van der Waals surface area contributed by atoms with Crippen molar-refractivity contribution >= 4 is 22.4 Å². The summed E-state index contributed by atoms with van der Waals surface area (Å²) in [5.74, 6) is 0.947. The average molecular weight is 418 g/mol. The van der Waals surface area contributed by atoms with E-state index in [0.29, 0.717) is 12.2 Å². The fourth-order valence-electron chi connectivity index (χ4n) is 4.41. The summed E-state index contributed by atoms with van der Waals surface area (Å²) < 4.78 is 5.87. The largest absolute Gasteiger partial charge is 0.373 e. The zero-order chi connectivity index (χ0) is 20.7. The van der Waals surface area contributed by atoms with Crippen LogP contribution in [0.3, 0.4) is 0 Å². The molecule has 30 heavy (non-hydrogen) atoms. The predicted molar refractivity (Wildman–Crippen MR) is 125 cm³/mol. The number of benzene rings is 2. The number of hydrogen-bond donors (Lipinski definition) is 1. The molecule has 1 aliphatic heterocycles. The highest BCUT2D eigenvalue weighted by Gasteiger charge is 2.22. The number of morpholine rings is 1. The topological polar surface area (TPSA) is 41.2 Å². The maximum Gasteiger partial charge on any atom is 0.148 e. The molecule has 2 aromatic heterocycles. The summed E-state index contributed by atoms with van der Waals surface area (Å²) >= 11 is 1.79. The number of para-hydroxylation sites is 1. The quantitative estimate of drug-likeness (QED) is 0.451. The van der Waals surface area contributed by atoms with Crippen LogP contribution in [0.1, 0.15) is 25.0 Å². The fraction of sp³-hybridized carbons (Fsp3) is 0.320. The van der Waals surface area contributed by atoms with Gasteiger partial charge in [-0.15, -0.1) is 11.3 Å². The van der Waals surface area contributed by atoms with Gasteiger partial charge in [0.25, 0.3) is 0 Å². The Labute approximate surface area is 181 Å². The number of hydrogen-bond acceptors (Lipinski definition) is 4. The number of thiophene rings is 1. The molecule has 2 aromatic carbocycles. The molecule has 1 aliphatic rings. The average Bonchev–Trinajstić information content (AvgIpc) is 3.35. The van der Waals surface area contributed by atoms with Crippen LogP contribution >= 0.6 is 11.3 Å². The van der Waals surface area contributed by atoms with E-state index in [-0.39, 0.29) is 0 Å². The Balaban J connectivity index is 1.38. The van der Waals surface area contributed by atoms with Crippen molar-refractivity contribution < 1.29 is 4.74 Å². The number of nitrogens with zero attached hydrogens (tertiary/aromatic N) is 2. The second-order valence-electron chi connectivity index (χ2n) is 8.37. The first-order valence-corrected chi connectivity index (χ1v) is 11.4. The standard InChI is InChI=1S/C25H27N3OS/c1-16-6-4-9-21-24(16)27-25(26-21)23-11-10-22(30-23)20-8-5-7-19(12-20)15-28-13-17(2)29-18(3)14-28/h4-12,17-18H,13-15H2,1-3H3,(H,26,27). The van der Waals surface area contributed by atoms with Crippen molar-refractivity contribution in [3.63, 3.8) is 0 Å².